The maximum Gasteiger partial charge on any atom is 0.162 e. The van der Waals surface area contributed by atoms with Gasteiger partial charge in [-0.3, -0.25) is 4.79 Å². The second-order valence-electron chi connectivity index (χ2n) is 3.37. The number of ether oxygens (including phenoxy) is 1. The van der Waals surface area contributed by atoms with Crippen LogP contribution in [0.5, 0.6) is 0 Å². The first kappa shape index (κ1) is 10.9. The minimum absolute atomic E-state index is 0.155. The molecule has 0 amide bonds. The van der Waals surface area contributed by atoms with E-state index in [-0.39, 0.29) is 11.9 Å². The molecule has 76 valence electrons. The standard InChI is InChI=1S/C12H16O2/c1-10(14-2)8-9-12(13)11-6-4-3-5-7-11/h3-7,10H,8-9H2,1-2H3. The van der Waals surface area contributed by atoms with Gasteiger partial charge in [0.2, 0.25) is 0 Å². The predicted octanol–water partition coefficient (Wildman–Crippen LogP) is 2.68. The van der Waals surface area contributed by atoms with Gasteiger partial charge in [0.15, 0.2) is 5.78 Å². The zero-order valence-corrected chi connectivity index (χ0v) is 8.69. The first-order chi connectivity index (χ1) is 6.74. The van der Waals surface area contributed by atoms with Gasteiger partial charge in [0.05, 0.1) is 6.10 Å². The number of carbonyl (C=O) groups excluding carboxylic acids is 1. The number of benzene rings is 1. The SMILES string of the molecule is COC(C)CCC(=O)c1ccccc1. The Labute approximate surface area is 84.9 Å². The van der Waals surface area contributed by atoms with Crippen molar-refractivity contribution in [3.8, 4) is 0 Å². The summed E-state index contributed by atoms with van der Waals surface area (Å²) in [7, 11) is 1.66. The predicted molar refractivity (Wildman–Crippen MR) is 56.5 cm³/mol. The summed E-state index contributed by atoms with van der Waals surface area (Å²) in [5, 5.41) is 0. The van der Waals surface area contributed by atoms with Crippen molar-refractivity contribution in [1.29, 1.82) is 0 Å². The van der Waals surface area contributed by atoms with Crippen LogP contribution >= 0.6 is 0 Å². The average molecular weight is 192 g/mol. The summed E-state index contributed by atoms with van der Waals surface area (Å²) in [5.41, 5.74) is 0.788. The van der Waals surface area contributed by atoms with E-state index in [1.807, 2.05) is 37.3 Å². The largest absolute Gasteiger partial charge is 0.382 e. The van der Waals surface area contributed by atoms with Gasteiger partial charge in [-0.1, -0.05) is 30.3 Å². The Hall–Kier alpha value is -1.15. The second kappa shape index (κ2) is 5.55. The Morgan fingerprint density at radius 2 is 2.00 bits per heavy atom. The van der Waals surface area contributed by atoms with E-state index in [1.54, 1.807) is 7.11 Å². The molecule has 0 spiro atoms. The normalized spacial score (nSPS) is 12.4. The molecule has 0 aromatic heterocycles. The Kier molecular flexibility index (Phi) is 4.33. The van der Waals surface area contributed by atoms with E-state index in [0.29, 0.717) is 6.42 Å². The third-order valence-electron chi connectivity index (χ3n) is 2.28. The van der Waals surface area contributed by atoms with Crippen molar-refractivity contribution in [2.24, 2.45) is 0 Å². The fourth-order valence-electron chi connectivity index (χ4n) is 1.22. The molecule has 0 aliphatic carbocycles. The highest BCUT2D eigenvalue weighted by molar-refractivity contribution is 5.95. The van der Waals surface area contributed by atoms with Gasteiger partial charge in [-0.25, -0.2) is 0 Å². The zero-order valence-electron chi connectivity index (χ0n) is 8.69. The Morgan fingerprint density at radius 1 is 1.36 bits per heavy atom. The lowest BCUT2D eigenvalue weighted by Gasteiger charge is -2.07. The third kappa shape index (κ3) is 3.30. The molecule has 0 heterocycles. The summed E-state index contributed by atoms with van der Waals surface area (Å²) in [6, 6.07) is 9.37. The molecule has 0 saturated heterocycles. The fourth-order valence-corrected chi connectivity index (χ4v) is 1.22. The highest BCUT2D eigenvalue weighted by Crippen LogP contribution is 2.07. The molecule has 0 aliphatic heterocycles. The lowest BCUT2D eigenvalue weighted by Crippen LogP contribution is -2.08. The van der Waals surface area contributed by atoms with Crippen molar-refractivity contribution in [1.82, 2.24) is 0 Å². The molecule has 0 fully saturated rings. The highest BCUT2D eigenvalue weighted by atomic mass is 16.5. The smallest absolute Gasteiger partial charge is 0.162 e. The maximum atomic E-state index is 11.6. The third-order valence-corrected chi connectivity index (χ3v) is 2.28. The van der Waals surface area contributed by atoms with Gasteiger partial charge in [0, 0.05) is 19.1 Å². The molecule has 1 aromatic carbocycles. The van der Waals surface area contributed by atoms with Crippen LogP contribution in [-0.2, 0) is 4.74 Å². The molecule has 1 atom stereocenters. The Balaban J connectivity index is 2.44. The van der Waals surface area contributed by atoms with Crippen LogP contribution < -0.4 is 0 Å². The van der Waals surface area contributed by atoms with E-state index in [1.165, 1.54) is 0 Å². The van der Waals surface area contributed by atoms with E-state index in [9.17, 15) is 4.79 Å². The van der Waals surface area contributed by atoms with Crippen molar-refractivity contribution in [2.45, 2.75) is 25.9 Å². The molecule has 0 radical (unpaired) electrons. The minimum atomic E-state index is 0.155. The summed E-state index contributed by atoms with van der Waals surface area (Å²) < 4.78 is 5.08. The zero-order chi connectivity index (χ0) is 10.4. The lowest BCUT2D eigenvalue weighted by atomic mass is 10.1. The monoisotopic (exact) mass is 192 g/mol. The van der Waals surface area contributed by atoms with Crippen LogP contribution in [0.25, 0.3) is 0 Å². The number of rotatable bonds is 5. The van der Waals surface area contributed by atoms with Gasteiger partial charge in [0.1, 0.15) is 0 Å². The molecule has 0 aliphatic rings. The average Bonchev–Trinajstić information content (AvgIpc) is 2.26. The van der Waals surface area contributed by atoms with E-state index < -0.39 is 0 Å². The first-order valence-corrected chi connectivity index (χ1v) is 4.85. The summed E-state index contributed by atoms with van der Waals surface area (Å²) >= 11 is 0. The van der Waals surface area contributed by atoms with Crippen molar-refractivity contribution in [3.63, 3.8) is 0 Å². The number of Topliss-reactive ketones (excluding diaryl/α,β-unsaturated/α-hetero) is 1. The molecule has 0 N–H and O–H groups in total. The lowest BCUT2D eigenvalue weighted by molar-refractivity contribution is 0.0878. The summed E-state index contributed by atoms with van der Waals surface area (Å²) in [5.74, 6) is 0.189. The number of ketones is 1. The molecule has 0 bridgehead atoms. The van der Waals surface area contributed by atoms with Crippen LogP contribution in [0.1, 0.15) is 30.1 Å². The van der Waals surface area contributed by atoms with E-state index in [2.05, 4.69) is 0 Å². The number of carbonyl (C=O) groups is 1. The van der Waals surface area contributed by atoms with Crippen LogP contribution in [-0.4, -0.2) is 19.0 Å². The Morgan fingerprint density at radius 3 is 2.57 bits per heavy atom. The number of hydrogen-bond acceptors (Lipinski definition) is 2. The summed E-state index contributed by atoms with van der Waals surface area (Å²) in [4.78, 5) is 11.6. The number of methoxy groups -OCH3 is 1. The quantitative estimate of drug-likeness (QED) is 0.670. The van der Waals surface area contributed by atoms with Crippen LogP contribution in [0.2, 0.25) is 0 Å². The molecule has 1 rings (SSSR count). The van der Waals surface area contributed by atoms with Gasteiger partial charge in [-0.05, 0) is 13.3 Å². The van der Waals surface area contributed by atoms with Gasteiger partial charge in [0.25, 0.3) is 0 Å². The molecular formula is C12H16O2. The number of hydrogen-bond donors (Lipinski definition) is 0. The van der Waals surface area contributed by atoms with Crippen LogP contribution in [0.3, 0.4) is 0 Å². The molecule has 2 heteroatoms. The topological polar surface area (TPSA) is 26.3 Å². The van der Waals surface area contributed by atoms with Crippen LogP contribution in [0.4, 0.5) is 0 Å². The summed E-state index contributed by atoms with van der Waals surface area (Å²) in [6.07, 6.45) is 1.49. The van der Waals surface area contributed by atoms with Gasteiger partial charge in [-0.15, -0.1) is 0 Å². The molecule has 0 saturated carbocycles. The van der Waals surface area contributed by atoms with E-state index in [4.69, 9.17) is 4.74 Å². The fraction of sp³-hybridized carbons (Fsp3) is 0.417. The van der Waals surface area contributed by atoms with E-state index in [0.717, 1.165) is 12.0 Å². The molecule has 1 aromatic rings. The second-order valence-corrected chi connectivity index (χ2v) is 3.37. The molecule has 1 unspecified atom stereocenters. The van der Waals surface area contributed by atoms with E-state index >= 15 is 0 Å². The highest BCUT2D eigenvalue weighted by Gasteiger charge is 2.07. The van der Waals surface area contributed by atoms with Gasteiger partial charge < -0.3 is 4.74 Å². The van der Waals surface area contributed by atoms with Gasteiger partial charge >= 0.3 is 0 Å². The van der Waals surface area contributed by atoms with Gasteiger partial charge in [-0.2, -0.15) is 0 Å². The summed E-state index contributed by atoms with van der Waals surface area (Å²) in [6.45, 7) is 1.97. The molecule has 14 heavy (non-hydrogen) atoms. The van der Waals surface area contributed by atoms with Crippen molar-refractivity contribution in [2.75, 3.05) is 7.11 Å². The molecular weight excluding hydrogens is 176 g/mol. The molecule has 2 nitrogen and oxygen atoms in total. The maximum absolute atomic E-state index is 11.6. The van der Waals surface area contributed by atoms with Crippen molar-refractivity contribution >= 4 is 5.78 Å². The van der Waals surface area contributed by atoms with Crippen LogP contribution in [0, 0.1) is 0 Å². The first-order valence-electron chi connectivity index (χ1n) is 4.85. The van der Waals surface area contributed by atoms with Crippen LogP contribution in [0.15, 0.2) is 30.3 Å². The van der Waals surface area contributed by atoms with Crippen molar-refractivity contribution < 1.29 is 9.53 Å². The minimum Gasteiger partial charge on any atom is -0.382 e. The van der Waals surface area contributed by atoms with Crippen molar-refractivity contribution in [3.05, 3.63) is 35.9 Å². The Bertz CT molecular complexity index is 280.